The van der Waals surface area contributed by atoms with Gasteiger partial charge in [-0.2, -0.15) is 0 Å². The number of carbonyl (C=O) groups is 1. The summed E-state index contributed by atoms with van der Waals surface area (Å²) in [4.78, 5) is 11.6. The van der Waals surface area contributed by atoms with E-state index in [0.717, 1.165) is 32.1 Å². The predicted molar refractivity (Wildman–Crippen MR) is 92.3 cm³/mol. The summed E-state index contributed by atoms with van der Waals surface area (Å²) < 4.78 is 11.3. The number of ether oxygens (including phenoxy) is 2. The minimum atomic E-state index is -0.355. The van der Waals surface area contributed by atoms with Gasteiger partial charge >= 0.3 is 5.97 Å². The Morgan fingerprint density at radius 2 is 2.17 bits per heavy atom. The van der Waals surface area contributed by atoms with Crippen molar-refractivity contribution in [3.05, 3.63) is 36.5 Å². The van der Waals surface area contributed by atoms with E-state index in [9.17, 15) is 9.90 Å². The van der Waals surface area contributed by atoms with E-state index in [1.54, 1.807) is 6.08 Å². The molecule has 2 aliphatic heterocycles. The molecule has 0 aromatic heterocycles. The molecule has 0 aromatic rings. The van der Waals surface area contributed by atoms with Crippen LogP contribution in [0.15, 0.2) is 36.5 Å². The molecular weight excluding hydrogens is 304 g/mol. The van der Waals surface area contributed by atoms with Gasteiger partial charge in [0, 0.05) is 18.3 Å². The van der Waals surface area contributed by atoms with Crippen molar-refractivity contribution in [2.75, 3.05) is 0 Å². The van der Waals surface area contributed by atoms with Gasteiger partial charge in [-0.25, -0.2) is 0 Å². The number of hydrogen-bond acceptors (Lipinski definition) is 4. The number of esters is 1. The maximum absolute atomic E-state index is 11.6. The van der Waals surface area contributed by atoms with E-state index in [-0.39, 0.29) is 18.2 Å². The first-order valence-electron chi connectivity index (χ1n) is 9.22. The van der Waals surface area contributed by atoms with Gasteiger partial charge in [-0.3, -0.25) is 4.79 Å². The zero-order valence-corrected chi connectivity index (χ0v) is 14.3. The molecule has 0 bridgehead atoms. The number of epoxide rings is 1. The highest BCUT2D eigenvalue weighted by molar-refractivity contribution is 5.70. The van der Waals surface area contributed by atoms with Crippen molar-refractivity contribution in [2.24, 2.45) is 11.8 Å². The van der Waals surface area contributed by atoms with Gasteiger partial charge in [0.05, 0.1) is 18.3 Å². The Labute approximate surface area is 144 Å². The molecule has 4 nitrogen and oxygen atoms in total. The topological polar surface area (TPSA) is 59.1 Å². The molecule has 4 heteroatoms. The zero-order chi connectivity index (χ0) is 16.9. The Balaban J connectivity index is 1.48. The molecule has 24 heavy (non-hydrogen) atoms. The molecule has 0 aromatic carbocycles. The monoisotopic (exact) mass is 332 g/mol. The lowest BCUT2D eigenvalue weighted by Crippen LogP contribution is -2.34. The van der Waals surface area contributed by atoms with E-state index < -0.39 is 0 Å². The highest BCUT2D eigenvalue weighted by Crippen LogP contribution is 2.50. The van der Waals surface area contributed by atoms with E-state index in [0.29, 0.717) is 30.5 Å². The largest absolute Gasteiger partial charge is 0.462 e. The molecule has 3 aliphatic rings. The summed E-state index contributed by atoms with van der Waals surface area (Å²) in [5.74, 6) is 0.744. The Morgan fingerprint density at radius 3 is 2.96 bits per heavy atom. The fourth-order valence-corrected chi connectivity index (χ4v) is 3.84. The SMILES string of the molecule is CC[C@H](O)/C=C/C=C/C/C=C/[C@H]1[C@@H]2O[C@@H]2C[C@@H]1C1CCCC(=O)O1. The van der Waals surface area contributed by atoms with Gasteiger partial charge in [-0.1, -0.05) is 43.4 Å². The van der Waals surface area contributed by atoms with Gasteiger partial charge in [0.15, 0.2) is 0 Å². The van der Waals surface area contributed by atoms with Crippen LogP contribution in [0, 0.1) is 11.8 Å². The van der Waals surface area contributed by atoms with Gasteiger partial charge in [0.1, 0.15) is 6.10 Å². The first-order chi connectivity index (χ1) is 11.7. The maximum Gasteiger partial charge on any atom is 0.306 e. The van der Waals surface area contributed by atoms with Crippen LogP contribution in [-0.2, 0) is 14.3 Å². The standard InChI is InChI=1S/C20H28O4/c1-2-14(21)9-6-4-3-5-7-10-15-16(13-18-20(15)24-18)17-11-8-12-19(22)23-17/h3-4,6-7,9-10,14-18,20-21H,2,5,8,11-13H2,1H3/b4-3+,9-6+,10-7+/t14-,15+,16-,17?,18+,20-/m0/s1. The van der Waals surface area contributed by atoms with Gasteiger partial charge in [-0.05, 0) is 32.1 Å². The van der Waals surface area contributed by atoms with Crippen molar-refractivity contribution in [1.82, 2.24) is 0 Å². The summed E-state index contributed by atoms with van der Waals surface area (Å²) in [6.07, 6.45) is 17.7. The Kier molecular flexibility index (Phi) is 5.90. The molecule has 6 atom stereocenters. The van der Waals surface area contributed by atoms with Crippen molar-refractivity contribution in [1.29, 1.82) is 0 Å². The number of aliphatic hydroxyl groups excluding tert-OH is 1. The third-order valence-electron chi connectivity index (χ3n) is 5.26. The van der Waals surface area contributed by atoms with Gasteiger partial charge in [0.2, 0.25) is 0 Å². The molecule has 132 valence electrons. The minimum Gasteiger partial charge on any atom is -0.462 e. The molecule has 1 N–H and O–H groups in total. The van der Waals surface area contributed by atoms with Gasteiger partial charge in [-0.15, -0.1) is 0 Å². The van der Waals surface area contributed by atoms with Crippen molar-refractivity contribution >= 4 is 5.97 Å². The van der Waals surface area contributed by atoms with Crippen LogP contribution in [0.25, 0.3) is 0 Å². The number of rotatable bonds is 7. The molecule has 3 fully saturated rings. The second kappa shape index (κ2) is 8.13. The van der Waals surface area contributed by atoms with Crippen molar-refractivity contribution in [3.63, 3.8) is 0 Å². The number of hydrogen-bond donors (Lipinski definition) is 1. The summed E-state index contributed by atoms with van der Waals surface area (Å²) in [5, 5.41) is 9.43. The van der Waals surface area contributed by atoms with Crippen LogP contribution in [0.1, 0.15) is 45.4 Å². The van der Waals surface area contributed by atoms with Crippen molar-refractivity contribution in [2.45, 2.75) is 69.9 Å². The molecule has 0 amide bonds. The molecule has 0 spiro atoms. The van der Waals surface area contributed by atoms with Gasteiger partial charge < -0.3 is 14.6 Å². The second-order valence-corrected chi connectivity index (χ2v) is 6.99. The maximum atomic E-state index is 11.6. The lowest BCUT2D eigenvalue weighted by molar-refractivity contribution is -0.158. The number of aliphatic hydroxyl groups is 1. The van der Waals surface area contributed by atoms with Crippen LogP contribution in [-0.4, -0.2) is 35.5 Å². The molecule has 1 aliphatic carbocycles. The molecule has 3 rings (SSSR count). The quantitative estimate of drug-likeness (QED) is 0.336. The normalized spacial score (nSPS) is 37.2. The highest BCUT2D eigenvalue weighted by Gasteiger charge is 2.57. The lowest BCUT2D eigenvalue weighted by atomic mass is 9.85. The third-order valence-corrected chi connectivity index (χ3v) is 5.26. The summed E-state index contributed by atoms with van der Waals surface area (Å²) in [7, 11) is 0. The third kappa shape index (κ3) is 4.37. The fraction of sp³-hybridized carbons (Fsp3) is 0.650. The van der Waals surface area contributed by atoms with E-state index in [1.807, 2.05) is 19.1 Å². The summed E-state index contributed by atoms with van der Waals surface area (Å²) in [6, 6.07) is 0. The molecule has 0 radical (unpaired) electrons. The molecule has 1 unspecified atom stereocenters. The van der Waals surface area contributed by atoms with Crippen LogP contribution < -0.4 is 0 Å². The predicted octanol–water partition coefficient (Wildman–Crippen LogP) is 3.32. The van der Waals surface area contributed by atoms with Crippen LogP contribution in [0.4, 0.5) is 0 Å². The fourth-order valence-electron chi connectivity index (χ4n) is 3.84. The van der Waals surface area contributed by atoms with Crippen molar-refractivity contribution < 1.29 is 19.4 Å². The molecule has 2 heterocycles. The van der Waals surface area contributed by atoms with Crippen LogP contribution in [0.3, 0.4) is 0 Å². The Bertz CT molecular complexity index is 522. The van der Waals surface area contributed by atoms with Crippen LogP contribution >= 0.6 is 0 Å². The van der Waals surface area contributed by atoms with E-state index in [2.05, 4.69) is 18.2 Å². The zero-order valence-electron chi connectivity index (χ0n) is 14.3. The van der Waals surface area contributed by atoms with Crippen LogP contribution in [0.5, 0.6) is 0 Å². The van der Waals surface area contributed by atoms with Gasteiger partial charge in [0.25, 0.3) is 0 Å². The molecule has 1 saturated carbocycles. The number of fused-ring (bicyclic) bond motifs is 1. The average molecular weight is 332 g/mol. The first-order valence-corrected chi connectivity index (χ1v) is 9.22. The van der Waals surface area contributed by atoms with E-state index >= 15 is 0 Å². The first kappa shape index (κ1) is 17.4. The number of carbonyl (C=O) groups excluding carboxylic acids is 1. The summed E-state index contributed by atoms with van der Waals surface area (Å²) in [5.41, 5.74) is 0. The number of cyclic esters (lactones) is 1. The minimum absolute atomic E-state index is 0.0422. The Morgan fingerprint density at radius 1 is 1.29 bits per heavy atom. The molecule has 2 saturated heterocycles. The number of allylic oxidation sites excluding steroid dienone is 4. The van der Waals surface area contributed by atoms with E-state index in [4.69, 9.17) is 9.47 Å². The highest BCUT2D eigenvalue weighted by atomic mass is 16.6. The second-order valence-electron chi connectivity index (χ2n) is 6.99. The van der Waals surface area contributed by atoms with Crippen LogP contribution in [0.2, 0.25) is 0 Å². The summed E-state index contributed by atoms with van der Waals surface area (Å²) >= 11 is 0. The summed E-state index contributed by atoms with van der Waals surface area (Å²) in [6.45, 7) is 1.95. The smallest absolute Gasteiger partial charge is 0.306 e. The van der Waals surface area contributed by atoms with E-state index in [1.165, 1.54) is 0 Å². The Hall–Kier alpha value is -1.39. The lowest BCUT2D eigenvalue weighted by Gasteiger charge is -2.31. The van der Waals surface area contributed by atoms with Crippen molar-refractivity contribution in [3.8, 4) is 0 Å². The average Bonchev–Trinajstić information content (AvgIpc) is 3.27. The molecular formula is C20H28O4.